The molecule has 0 aromatic carbocycles. The maximum Gasteiger partial charge on any atom is 0.391 e. The standard InChI is InChI=1S/C10H12F3NO/c11-10(12,13)8-3-1-2-7(6-8)9(15)4-5-14/h7-8H,1-4,6H2. The smallest absolute Gasteiger partial charge is 0.298 e. The lowest BCUT2D eigenvalue weighted by molar-refractivity contribution is -0.186. The van der Waals surface area contributed by atoms with E-state index in [0.29, 0.717) is 12.8 Å². The molecule has 1 fully saturated rings. The molecule has 5 heteroatoms. The van der Waals surface area contributed by atoms with Crippen LogP contribution in [0.5, 0.6) is 0 Å². The monoisotopic (exact) mass is 219 g/mol. The van der Waals surface area contributed by atoms with Gasteiger partial charge >= 0.3 is 6.18 Å². The van der Waals surface area contributed by atoms with Gasteiger partial charge in [0.15, 0.2) is 0 Å². The van der Waals surface area contributed by atoms with Gasteiger partial charge in [0.1, 0.15) is 5.78 Å². The molecule has 0 bridgehead atoms. The second-order valence-corrected chi connectivity index (χ2v) is 3.90. The highest BCUT2D eigenvalue weighted by atomic mass is 19.4. The van der Waals surface area contributed by atoms with E-state index in [9.17, 15) is 18.0 Å². The molecule has 0 aromatic heterocycles. The summed E-state index contributed by atoms with van der Waals surface area (Å²) in [6, 6.07) is 1.69. The van der Waals surface area contributed by atoms with E-state index in [-0.39, 0.29) is 25.0 Å². The second-order valence-electron chi connectivity index (χ2n) is 3.90. The average molecular weight is 219 g/mol. The molecule has 0 radical (unpaired) electrons. The zero-order chi connectivity index (χ0) is 11.5. The van der Waals surface area contributed by atoms with Crippen LogP contribution in [-0.4, -0.2) is 12.0 Å². The van der Waals surface area contributed by atoms with E-state index in [4.69, 9.17) is 5.26 Å². The van der Waals surface area contributed by atoms with Crippen LogP contribution in [-0.2, 0) is 4.79 Å². The third kappa shape index (κ3) is 3.22. The number of hydrogen-bond donors (Lipinski definition) is 0. The van der Waals surface area contributed by atoms with Crippen molar-refractivity contribution in [2.24, 2.45) is 11.8 Å². The summed E-state index contributed by atoms with van der Waals surface area (Å²) in [6.07, 6.45) is -3.58. The zero-order valence-electron chi connectivity index (χ0n) is 8.18. The summed E-state index contributed by atoms with van der Waals surface area (Å²) < 4.78 is 37.2. The maximum absolute atomic E-state index is 12.4. The molecule has 0 amide bonds. The van der Waals surface area contributed by atoms with Crippen LogP contribution in [0.2, 0.25) is 0 Å². The Morgan fingerprint density at radius 1 is 1.40 bits per heavy atom. The van der Waals surface area contributed by atoms with Crippen molar-refractivity contribution in [3.05, 3.63) is 0 Å². The van der Waals surface area contributed by atoms with Crippen molar-refractivity contribution in [1.29, 1.82) is 5.26 Å². The van der Waals surface area contributed by atoms with Crippen LogP contribution < -0.4 is 0 Å². The summed E-state index contributed by atoms with van der Waals surface area (Å²) in [5.74, 6) is -2.27. The molecule has 0 aliphatic heterocycles. The van der Waals surface area contributed by atoms with Gasteiger partial charge in [-0.15, -0.1) is 0 Å². The lowest BCUT2D eigenvalue weighted by Gasteiger charge is -2.29. The number of hydrogen-bond acceptors (Lipinski definition) is 2. The van der Waals surface area contributed by atoms with Crippen LogP contribution in [0, 0.1) is 23.2 Å². The first-order chi connectivity index (χ1) is 6.95. The van der Waals surface area contributed by atoms with Crippen LogP contribution >= 0.6 is 0 Å². The molecular formula is C10H12F3NO. The van der Waals surface area contributed by atoms with Gasteiger partial charge in [-0.05, 0) is 19.3 Å². The number of alkyl halides is 3. The number of carbonyl (C=O) groups excluding carboxylic acids is 1. The van der Waals surface area contributed by atoms with Crippen molar-refractivity contribution >= 4 is 5.78 Å². The molecule has 2 nitrogen and oxygen atoms in total. The number of ketones is 1. The SMILES string of the molecule is N#CCC(=O)C1CCCC(C(F)(F)F)C1. The van der Waals surface area contributed by atoms with Crippen molar-refractivity contribution in [3.8, 4) is 6.07 Å². The third-order valence-electron chi connectivity index (χ3n) is 2.85. The Kier molecular flexibility index (Phi) is 3.72. The van der Waals surface area contributed by atoms with E-state index in [0.717, 1.165) is 0 Å². The number of nitriles is 1. The third-order valence-corrected chi connectivity index (χ3v) is 2.85. The molecule has 0 aromatic rings. The fraction of sp³-hybridized carbons (Fsp3) is 0.800. The van der Waals surface area contributed by atoms with Gasteiger partial charge in [0.2, 0.25) is 0 Å². The minimum atomic E-state index is -4.20. The summed E-state index contributed by atoms with van der Waals surface area (Å²) in [5, 5.41) is 8.30. The van der Waals surface area contributed by atoms with Crippen molar-refractivity contribution in [3.63, 3.8) is 0 Å². The van der Waals surface area contributed by atoms with E-state index < -0.39 is 18.0 Å². The molecule has 0 heterocycles. The van der Waals surface area contributed by atoms with Crippen LogP contribution in [0.25, 0.3) is 0 Å². The summed E-state index contributed by atoms with van der Waals surface area (Å²) in [4.78, 5) is 11.3. The van der Waals surface area contributed by atoms with E-state index in [2.05, 4.69) is 0 Å². The van der Waals surface area contributed by atoms with Crippen molar-refractivity contribution in [2.45, 2.75) is 38.3 Å². The predicted octanol–water partition coefficient (Wildman–Crippen LogP) is 2.84. The van der Waals surface area contributed by atoms with Gasteiger partial charge in [0.25, 0.3) is 0 Å². The predicted molar refractivity (Wildman–Crippen MR) is 46.7 cm³/mol. The van der Waals surface area contributed by atoms with Gasteiger partial charge in [-0.25, -0.2) is 0 Å². The van der Waals surface area contributed by atoms with Crippen LogP contribution in [0.4, 0.5) is 13.2 Å². The Balaban J connectivity index is 2.57. The highest BCUT2D eigenvalue weighted by Gasteiger charge is 2.43. The quantitative estimate of drug-likeness (QED) is 0.716. The fourth-order valence-electron chi connectivity index (χ4n) is 2.00. The van der Waals surface area contributed by atoms with Gasteiger partial charge in [0, 0.05) is 5.92 Å². The summed E-state index contributed by atoms with van der Waals surface area (Å²) in [7, 11) is 0. The topological polar surface area (TPSA) is 40.9 Å². The Morgan fingerprint density at radius 2 is 2.07 bits per heavy atom. The Bertz CT molecular complexity index is 279. The summed E-state index contributed by atoms with van der Waals surface area (Å²) in [6.45, 7) is 0. The molecular weight excluding hydrogens is 207 g/mol. The second kappa shape index (κ2) is 4.65. The molecule has 1 saturated carbocycles. The number of carbonyl (C=O) groups is 1. The van der Waals surface area contributed by atoms with E-state index in [1.807, 2.05) is 0 Å². The van der Waals surface area contributed by atoms with Gasteiger partial charge in [-0.3, -0.25) is 4.79 Å². The van der Waals surface area contributed by atoms with Gasteiger partial charge in [-0.1, -0.05) is 6.42 Å². The van der Waals surface area contributed by atoms with Crippen LogP contribution in [0.15, 0.2) is 0 Å². The van der Waals surface area contributed by atoms with Crippen molar-refractivity contribution in [2.75, 3.05) is 0 Å². The van der Waals surface area contributed by atoms with Crippen LogP contribution in [0.1, 0.15) is 32.1 Å². The number of nitrogens with zero attached hydrogens (tertiary/aromatic N) is 1. The Hall–Kier alpha value is -1.05. The lowest BCUT2D eigenvalue weighted by Crippen LogP contribution is -2.31. The molecule has 2 atom stereocenters. The van der Waals surface area contributed by atoms with Crippen molar-refractivity contribution in [1.82, 2.24) is 0 Å². The maximum atomic E-state index is 12.4. The Morgan fingerprint density at radius 3 is 2.60 bits per heavy atom. The highest BCUT2D eigenvalue weighted by Crippen LogP contribution is 2.40. The number of halogens is 3. The summed E-state index contributed by atoms with van der Waals surface area (Å²) in [5.41, 5.74) is 0. The molecule has 1 aliphatic rings. The van der Waals surface area contributed by atoms with E-state index >= 15 is 0 Å². The average Bonchev–Trinajstić information content (AvgIpc) is 2.17. The highest BCUT2D eigenvalue weighted by molar-refractivity contribution is 5.82. The lowest BCUT2D eigenvalue weighted by atomic mass is 9.78. The van der Waals surface area contributed by atoms with E-state index in [1.54, 1.807) is 6.07 Å². The first-order valence-corrected chi connectivity index (χ1v) is 4.91. The largest absolute Gasteiger partial charge is 0.391 e. The summed E-state index contributed by atoms with van der Waals surface area (Å²) >= 11 is 0. The minimum Gasteiger partial charge on any atom is -0.298 e. The van der Waals surface area contributed by atoms with Crippen LogP contribution in [0.3, 0.4) is 0 Å². The Labute approximate surface area is 86.1 Å². The van der Waals surface area contributed by atoms with Gasteiger partial charge < -0.3 is 0 Å². The zero-order valence-corrected chi connectivity index (χ0v) is 8.18. The first kappa shape index (κ1) is 12.0. The molecule has 15 heavy (non-hydrogen) atoms. The molecule has 1 rings (SSSR count). The molecule has 84 valence electrons. The van der Waals surface area contributed by atoms with Gasteiger partial charge in [0.05, 0.1) is 18.4 Å². The van der Waals surface area contributed by atoms with Gasteiger partial charge in [-0.2, -0.15) is 18.4 Å². The van der Waals surface area contributed by atoms with E-state index in [1.165, 1.54) is 0 Å². The number of rotatable bonds is 2. The normalized spacial score (nSPS) is 27.1. The number of Topliss-reactive ketones (excluding diaryl/α,β-unsaturated/α-hetero) is 1. The fourth-order valence-corrected chi connectivity index (χ4v) is 2.00. The molecule has 1 aliphatic carbocycles. The molecule has 2 unspecified atom stereocenters. The minimum absolute atomic E-state index is 0.111. The van der Waals surface area contributed by atoms with Crippen molar-refractivity contribution < 1.29 is 18.0 Å². The molecule has 0 spiro atoms. The molecule has 0 saturated heterocycles. The molecule has 0 N–H and O–H groups in total. The first-order valence-electron chi connectivity index (χ1n) is 4.91.